The summed E-state index contributed by atoms with van der Waals surface area (Å²) in [4.78, 5) is 12.1. The van der Waals surface area contributed by atoms with E-state index < -0.39 is 0 Å². The van der Waals surface area contributed by atoms with E-state index in [4.69, 9.17) is 11.5 Å². The van der Waals surface area contributed by atoms with Gasteiger partial charge in [0.2, 0.25) is 5.95 Å². The lowest BCUT2D eigenvalue weighted by Crippen LogP contribution is -2.02. The number of hydrogen-bond donors (Lipinski definition) is 3. The van der Waals surface area contributed by atoms with Gasteiger partial charge < -0.3 is 16.8 Å². The van der Waals surface area contributed by atoms with E-state index in [9.17, 15) is 0 Å². The minimum atomic E-state index is 0.149. The van der Waals surface area contributed by atoms with Gasteiger partial charge in [0.05, 0.1) is 15.7 Å². The number of nitrogens with two attached hydrogens (primary N) is 2. The van der Waals surface area contributed by atoms with E-state index in [1.165, 1.54) is 0 Å². The molecule has 18 heavy (non-hydrogen) atoms. The Morgan fingerprint density at radius 2 is 2.00 bits per heavy atom. The summed E-state index contributed by atoms with van der Waals surface area (Å²) in [6, 6.07) is 7.51. The smallest absolute Gasteiger partial charge is 0.223 e. The third-order valence-electron chi connectivity index (χ3n) is 2.37. The highest BCUT2D eigenvalue weighted by molar-refractivity contribution is 7.16. The van der Waals surface area contributed by atoms with Crippen LogP contribution in [-0.2, 0) is 0 Å². The van der Waals surface area contributed by atoms with Crippen molar-refractivity contribution in [2.45, 2.75) is 0 Å². The molecular weight excluding hydrogens is 248 g/mol. The number of rotatable bonds is 2. The van der Waals surface area contributed by atoms with Crippen molar-refractivity contribution in [2.75, 3.05) is 16.8 Å². The maximum Gasteiger partial charge on any atom is 0.223 e. The first-order valence-corrected chi connectivity index (χ1v) is 6.09. The van der Waals surface area contributed by atoms with Gasteiger partial charge in [-0.05, 0) is 18.2 Å². The van der Waals surface area contributed by atoms with Gasteiger partial charge in [-0.15, -0.1) is 11.3 Å². The average Bonchev–Trinajstić information content (AvgIpc) is 2.74. The summed E-state index contributed by atoms with van der Waals surface area (Å²) in [5.74, 6) is 1.06. The Balaban J connectivity index is 1.95. The van der Waals surface area contributed by atoms with Gasteiger partial charge in [-0.1, -0.05) is 0 Å². The largest absolute Gasteiger partial charge is 0.383 e. The van der Waals surface area contributed by atoms with Gasteiger partial charge in [0.25, 0.3) is 0 Å². The zero-order valence-electron chi connectivity index (χ0n) is 9.29. The lowest BCUT2D eigenvalue weighted by molar-refractivity contribution is 1.19. The highest BCUT2D eigenvalue weighted by Gasteiger charge is 2.02. The molecule has 0 fully saturated rings. The van der Waals surface area contributed by atoms with Crippen molar-refractivity contribution in [3.05, 3.63) is 29.8 Å². The second kappa shape index (κ2) is 4.11. The van der Waals surface area contributed by atoms with Crippen LogP contribution < -0.4 is 16.8 Å². The molecule has 0 atom stereocenters. The van der Waals surface area contributed by atoms with E-state index >= 15 is 0 Å². The Morgan fingerprint density at radius 3 is 2.83 bits per heavy atom. The third-order valence-corrected chi connectivity index (χ3v) is 3.16. The second-order valence-electron chi connectivity index (χ2n) is 3.70. The van der Waals surface area contributed by atoms with Crippen LogP contribution >= 0.6 is 11.3 Å². The Hall–Kier alpha value is -2.41. The molecule has 0 aliphatic carbocycles. The lowest BCUT2D eigenvalue weighted by atomic mass is 10.3. The zero-order valence-corrected chi connectivity index (χ0v) is 10.1. The minimum Gasteiger partial charge on any atom is -0.383 e. The monoisotopic (exact) mass is 258 g/mol. The summed E-state index contributed by atoms with van der Waals surface area (Å²) < 4.78 is 1.11. The number of nitrogen functional groups attached to an aromatic ring is 2. The zero-order chi connectivity index (χ0) is 12.5. The fourth-order valence-corrected chi connectivity index (χ4v) is 2.35. The van der Waals surface area contributed by atoms with Crippen LogP contribution in [0.25, 0.3) is 10.2 Å². The molecule has 0 spiro atoms. The molecule has 0 aliphatic rings. The molecule has 1 aromatic carbocycles. The summed E-state index contributed by atoms with van der Waals surface area (Å²) in [7, 11) is 0. The quantitative estimate of drug-likeness (QED) is 0.649. The molecule has 0 saturated heterocycles. The molecule has 2 aromatic heterocycles. The maximum absolute atomic E-state index is 5.61. The lowest BCUT2D eigenvalue weighted by Gasteiger charge is -2.06. The van der Waals surface area contributed by atoms with E-state index in [1.54, 1.807) is 17.4 Å². The SMILES string of the molecule is Nc1cc(Nc2ccc3ncsc3c2)nc(N)n1. The average molecular weight is 258 g/mol. The van der Waals surface area contributed by atoms with Gasteiger partial charge in [0.1, 0.15) is 11.6 Å². The Morgan fingerprint density at radius 1 is 1.11 bits per heavy atom. The Labute approximate surface area is 107 Å². The molecule has 6 nitrogen and oxygen atoms in total. The van der Waals surface area contributed by atoms with Crippen LogP contribution in [0.4, 0.5) is 23.3 Å². The first-order chi connectivity index (χ1) is 8.70. The predicted octanol–water partition coefficient (Wildman–Crippen LogP) is 1.99. The number of thiazole rings is 1. The Bertz CT molecular complexity index is 687. The number of nitrogens with zero attached hydrogens (tertiary/aromatic N) is 3. The van der Waals surface area contributed by atoms with Crippen molar-refractivity contribution in [3.8, 4) is 0 Å². The van der Waals surface area contributed by atoms with Gasteiger partial charge in [0, 0.05) is 11.8 Å². The van der Waals surface area contributed by atoms with Crippen molar-refractivity contribution in [1.82, 2.24) is 15.0 Å². The van der Waals surface area contributed by atoms with Crippen LogP contribution in [0.1, 0.15) is 0 Å². The highest BCUT2D eigenvalue weighted by atomic mass is 32.1. The molecule has 0 aliphatic heterocycles. The fourth-order valence-electron chi connectivity index (χ4n) is 1.63. The summed E-state index contributed by atoms with van der Waals surface area (Å²) in [6.45, 7) is 0. The minimum absolute atomic E-state index is 0.149. The van der Waals surface area contributed by atoms with E-state index in [0.29, 0.717) is 11.6 Å². The molecule has 0 bridgehead atoms. The first kappa shape index (κ1) is 10.7. The van der Waals surface area contributed by atoms with Crippen molar-refractivity contribution in [3.63, 3.8) is 0 Å². The van der Waals surface area contributed by atoms with Crippen molar-refractivity contribution < 1.29 is 0 Å². The maximum atomic E-state index is 5.61. The second-order valence-corrected chi connectivity index (χ2v) is 4.58. The molecule has 90 valence electrons. The number of benzene rings is 1. The highest BCUT2D eigenvalue weighted by Crippen LogP contribution is 2.24. The molecule has 0 unspecified atom stereocenters. The number of hydrogen-bond acceptors (Lipinski definition) is 7. The molecule has 0 saturated carbocycles. The molecule has 3 rings (SSSR count). The van der Waals surface area contributed by atoms with Gasteiger partial charge in [0.15, 0.2) is 0 Å². The summed E-state index contributed by atoms with van der Waals surface area (Å²) >= 11 is 1.59. The fraction of sp³-hybridized carbons (Fsp3) is 0. The van der Waals surface area contributed by atoms with Crippen LogP contribution in [-0.4, -0.2) is 15.0 Å². The molecule has 5 N–H and O–H groups in total. The van der Waals surface area contributed by atoms with Crippen LogP contribution in [0.2, 0.25) is 0 Å². The third kappa shape index (κ3) is 2.03. The summed E-state index contributed by atoms with van der Waals surface area (Å²) in [5.41, 5.74) is 14.8. The van der Waals surface area contributed by atoms with E-state index in [-0.39, 0.29) is 5.95 Å². The van der Waals surface area contributed by atoms with E-state index in [0.717, 1.165) is 15.9 Å². The molecule has 3 aromatic rings. The van der Waals surface area contributed by atoms with Crippen LogP contribution in [0.3, 0.4) is 0 Å². The number of aromatic nitrogens is 3. The molecule has 0 radical (unpaired) electrons. The van der Waals surface area contributed by atoms with Gasteiger partial charge in [-0.3, -0.25) is 0 Å². The predicted molar refractivity (Wildman–Crippen MR) is 73.8 cm³/mol. The molecule has 0 amide bonds. The van der Waals surface area contributed by atoms with Crippen LogP contribution in [0.5, 0.6) is 0 Å². The first-order valence-electron chi connectivity index (χ1n) is 5.21. The molecular formula is C11H10N6S. The normalized spacial score (nSPS) is 10.7. The van der Waals surface area contributed by atoms with Crippen molar-refractivity contribution in [1.29, 1.82) is 0 Å². The summed E-state index contributed by atoms with van der Waals surface area (Å²) in [6.07, 6.45) is 0. The standard InChI is InChI=1S/C11H10N6S/c12-9-4-10(17-11(13)16-9)15-6-1-2-7-8(3-6)18-5-14-7/h1-5H,(H5,12,13,15,16,17). The van der Waals surface area contributed by atoms with E-state index in [2.05, 4.69) is 20.3 Å². The molecule has 2 heterocycles. The van der Waals surface area contributed by atoms with Gasteiger partial charge >= 0.3 is 0 Å². The summed E-state index contributed by atoms with van der Waals surface area (Å²) in [5, 5.41) is 3.14. The van der Waals surface area contributed by atoms with Gasteiger partial charge in [-0.2, -0.15) is 9.97 Å². The number of nitrogens with one attached hydrogen (secondary N) is 1. The van der Waals surface area contributed by atoms with Crippen LogP contribution in [0, 0.1) is 0 Å². The van der Waals surface area contributed by atoms with Crippen molar-refractivity contribution in [2.24, 2.45) is 0 Å². The van der Waals surface area contributed by atoms with Crippen molar-refractivity contribution >= 4 is 44.8 Å². The van der Waals surface area contributed by atoms with Gasteiger partial charge in [-0.25, -0.2) is 4.98 Å². The van der Waals surface area contributed by atoms with E-state index in [1.807, 2.05) is 23.7 Å². The number of fused-ring (bicyclic) bond motifs is 1. The van der Waals surface area contributed by atoms with Crippen LogP contribution in [0.15, 0.2) is 29.8 Å². The molecule has 7 heteroatoms. The number of anilines is 4. The Kier molecular flexibility index (Phi) is 2.45. The topological polar surface area (TPSA) is 103 Å².